The SMILES string of the molecule is CCOC(=O)C1=C(O)/C(=C\c2ccc(O)c([N+](=O)[O-])c2)SC1=NC(=O)c1ccc(C)cc1. The fourth-order valence-electron chi connectivity index (χ4n) is 2.77. The van der Waals surface area contributed by atoms with E-state index in [0.717, 1.165) is 29.5 Å². The molecule has 0 atom stereocenters. The van der Waals surface area contributed by atoms with E-state index in [-0.39, 0.29) is 27.7 Å². The van der Waals surface area contributed by atoms with Crippen LogP contribution < -0.4 is 0 Å². The quantitative estimate of drug-likeness (QED) is 0.387. The van der Waals surface area contributed by atoms with Gasteiger partial charge in [-0.05, 0) is 43.7 Å². The molecular formula is C22H18N2O7S. The van der Waals surface area contributed by atoms with Crippen molar-refractivity contribution in [2.24, 2.45) is 4.99 Å². The largest absolute Gasteiger partial charge is 0.506 e. The average Bonchev–Trinajstić information content (AvgIpc) is 3.04. The monoisotopic (exact) mass is 454 g/mol. The van der Waals surface area contributed by atoms with E-state index in [2.05, 4.69) is 4.99 Å². The Bertz CT molecular complexity index is 1200. The van der Waals surface area contributed by atoms with E-state index in [4.69, 9.17) is 4.74 Å². The van der Waals surface area contributed by atoms with Crippen molar-refractivity contribution in [1.82, 2.24) is 0 Å². The summed E-state index contributed by atoms with van der Waals surface area (Å²) in [4.78, 5) is 39.5. The number of aliphatic hydroxyl groups excluding tert-OH is 1. The minimum Gasteiger partial charge on any atom is -0.506 e. The van der Waals surface area contributed by atoms with Gasteiger partial charge in [-0.1, -0.05) is 35.5 Å². The van der Waals surface area contributed by atoms with Crippen LogP contribution in [0.4, 0.5) is 5.69 Å². The predicted molar refractivity (Wildman–Crippen MR) is 120 cm³/mol. The molecule has 0 fully saturated rings. The lowest BCUT2D eigenvalue weighted by Gasteiger charge is -2.03. The second-order valence-corrected chi connectivity index (χ2v) is 7.68. The summed E-state index contributed by atoms with van der Waals surface area (Å²) in [6.07, 6.45) is 1.38. The van der Waals surface area contributed by atoms with Crippen LogP contribution >= 0.6 is 11.8 Å². The maximum atomic E-state index is 12.6. The highest BCUT2D eigenvalue weighted by Gasteiger charge is 2.34. The third kappa shape index (κ3) is 4.86. The number of nitrogens with zero attached hydrogens (tertiary/aromatic N) is 2. The average molecular weight is 454 g/mol. The van der Waals surface area contributed by atoms with Crippen LogP contribution in [0.3, 0.4) is 0 Å². The Labute approximate surface area is 186 Å². The third-order valence-corrected chi connectivity index (χ3v) is 5.39. The van der Waals surface area contributed by atoms with E-state index in [1.807, 2.05) is 6.92 Å². The topological polar surface area (TPSA) is 139 Å². The number of ether oxygens (including phenoxy) is 1. The number of aliphatic hydroxyl groups is 1. The smallest absolute Gasteiger partial charge is 0.344 e. The van der Waals surface area contributed by atoms with Crippen LogP contribution in [0.2, 0.25) is 0 Å². The molecule has 0 bridgehead atoms. The number of phenolic OH excluding ortho intramolecular Hbond substituents is 1. The van der Waals surface area contributed by atoms with Crippen LogP contribution in [0, 0.1) is 17.0 Å². The molecule has 0 radical (unpaired) electrons. The number of nitro benzene ring substituents is 1. The molecule has 2 aromatic carbocycles. The van der Waals surface area contributed by atoms with E-state index >= 15 is 0 Å². The van der Waals surface area contributed by atoms with E-state index in [0.29, 0.717) is 5.56 Å². The van der Waals surface area contributed by atoms with Gasteiger partial charge in [0.25, 0.3) is 5.91 Å². The van der Waals surface area contributed by atoms with Gasteiger partial charge in [-0.15, -0.1) is 0 Å². The molecule has 2 aromatic rings. The molecule has 0 unspecified atom stereocenters. The minimum atomic E-state index is -0.854. The molecule has 1 aliphatic rings. The number of thioether (sulfide) groups is 1. The third-order valence-electron chi connectivity index (χ3n) is 4.37. The van der Waals surface area contributed by atoms with Crippen molar-refractivity contribution in [2.75, 3.05) is 6.61 Å². The minimum absolute atomic E-state index is 0.0443. The molecule has 0 spiro atoms. The lowest BCUT2D eigenvalue weighted by Crippen LogP contribution is -2.14. The van der Waals surface area contributed by atoms with Gasteiger partial charge in [-0.3, -0.25) is 14.9 Å². The number of aryl methyl sites for hydroxylation is 1. The zero-order valence-electron chi connectivity index (χ0n) is 17.1. The molecule has 32 heavy (non-hydrogen) atoms. The fourth-order valence-corrected chi connectivity index (χ4v) is 3.79. The number of esters is 1. The van der Waals surface area contributed by atoms with Crippen molar-refractivity contribution in [3.8, 4) is 5.75 Å². The zero-order chi connectivity index (χ0) is 23.4. The van der Waals surface area contributed by atoms with Crippen molar-refractivity contribution >= 4 is 40.4 Å². The van der Waals surface area contributed by atoms with Gasteiger partial charge in [0.15, 0.2) is 5.75 Å². The maximum absolute atomic E-state index is 12.6. The van der Waals surface area contributed by atoms with Crippen molar-refractivity contribution in [1.29, 1.82) is 0 Å². The number of amides is 1. The Hall–Kier alpha value is -3.92. The summed E-state index contributed by atoms with van der Waals surface area (Å²) in [5.74, 6) is -2.43. The Morgan fingerprint density at radius 2 is 1.88 bits per heavy atom. The standard InChI is InChI=1S/C22H18N2O7S/c1-3-31-22(28)18-19(26)17(11-13-6-9-16(25)15(10-13)24(29)30)32-21(18)23-20(27)14-7-4-12(2)5-8-14/h4-11,25-26H,3H2,1-2H3/b17-11+,23-21?. The second kappa shape index (κ2) is 9.48. The van der Waals surface area contributed by atoms with Crippen molar-refractivity contribution < 1.29 is 29.5 Å². The number of aliphatic imine (C=N–C) groups is 1. The molecule has 9 nitrogen and oxygen atoms in total. The summed E-state index contributed by atoms with van der Waals surface area (Å²) >= 11 is 0.854. The lowest BCUT2D eigenvalue weighted by molar-refractivity contribution is -0.385. The van der Waals surface area contributed by atoms with Crippen LogP contribution in [0.1, 0.15) is 28.4 Å². The molecule has 1 amide bonds. The van der Waals surface area contributed by atoms with Gasteiger partial charge in [0.2, 0.25) is 0 Å². The van der Waals surface area contributed by atoms with Crippen molar-refractivity contribution in [2.45, 2.75) is 13.8 Å². The first-order chi connectivity index (χ1) is 15.2. The molecule has 10 heteroatoms. The van der Waals surface area contributed by atoms with Gasteiger partial charge in [-0.2, -0.15) is 0 Å². The zero-order valence-corrected chi connectivity index (χ0v) is 17.9. The van der Waals surface area contributed by atoms with Gasteiger partial charge < -0.3 is 14.9 Å². The van der Waals surface area contributed by atoms with Crippen LogP contribution in [0.15, 0.2) is 63.7 Å². The van der Waals surface area contributed by atoms with Crippen molar-refractivity contribution in [3.63, 3.8) is 0 Å². The molecule has 0 saturated carbocycles. The van der Waals surface area contributed by atoms with Gasteiger partial charge in [0.1, 0.15) is 16.4 Å². The van der Waals surface area contributed by atoms with Gasteiger partial charge >= 0.3 is 11.7 Å². The van der Waals surface area contributed by atoms with Crippen LogP contribution in [-0.4, -0.2) is 38.7 Å². The van der Waals surface area contributed by atoms with Crippen LogP contribution in [0.5, 0.6) is 5.75 Å². The summed E-state index contributed by atoms with van der Waals surface area (Å²) in [6, 6.07) is 10.4. The molecule has 1 heterocycles. The first kappa shape index (κ1) is 22.8. The molecular weight excluding hydrogens is 436 g/mol. The lowest BCUT2D eigenvalue weighted by atomic mass is 10.1. The highest BCUT2D eigenvalue weighted by atomic mass is 32.2. The highest BCUT2D eigenvalue weighted by molar-refractivity contribution is 8.18. The number of rotatable bonds is 5. The first-order valence-electron chi connectivity index (χ1n) is 9.39. The van der Waals surface area contributed by atoms with Gasteiger partial charge in [0.05, 0.1) is 16.4 Å². The van der Waals surface area contributed by atoms with E-state index in [1.165, 1.54) is 12.1 Å². The molecule has 0 saturated heterocycles. The Balaban J connectivity index is 2.03. The number of aromatic hydroxyl groups is 1. The van der Waals surface area contributed by atoms with Crippen LogP contribution in [-0.2, 0) is 9.53 Å². The number of carbonyl (C=O) groups excluding carboxylic acids is 2. The molecule has 164 valence electrons. The molecule has 1 aliphatic heterocycles. The van der Waals surface area contributed by atoms with E-state index in [9.17, 15) is 29.9 Å². The first-order valence-corrected chi connectivity index (χ1v) is 10.2. The summed E-state index contributed by atoms with van der Waals surface area (Å²) in [5.41, 5.74) is 0.773. The van der Waals surface area contributed by atoms with Gasteiger partial charge in [-0.25, -0.2) is 9.79 Å². The fraction of sp³-hybridized carbons (Fsp3) is 0.136. The molecule has 0 aromatic heterocycles. The number of carbonyl (C=O) groups is 2. The highest BCUT2D eigenvalue weighted by Crippen LogP contribution is 2.40. The second-order valence-electron chi connectivity index (χ2n) is 6.65. The summed E-state index contributed by atoms with van der Waals surface area (Å²) < 4.78 is 4.98. The summed E-state index contributed by atoms with van der Waals surface area (Å²) in [5, 5.41) is 31.3. The number of hydrogen-bond donors (Lipinski definition) is 2. The van der Waals surface area contributed by atoms with Crippen molar-refractivity contribution in [3.05, 3.63) is 85.5 Å². The Morgan fingerprint density at radius 3 is 2.50 bits per heavy atom. The summed E-state index contributed by atoms with van der Waals surface area (Å²) in [6.45, 7) is 3.51. The molecule has 0 aliphatic carbocycles. The molecule has 3 rings (SSSR count). The Kier molecular flexibility index (Phi) is 6.74. The van der Waals surface area contributed by atoms with E-state index in [1.54, 1.807) is 31.2 Å². The van der Waals surface area contributed by atoms with Crippen LogP contribution in [0.25, 0.3) is 6.08 Å². The maximum Gasteiger partial charge on any atom is 0.344 e. The predicted octanol–water partition coefficient (Wildman–Crippen LogP) is 4.31. The number of hydrogen-bond acceptors (Lipinski definition) is 8. The normalized spacial score (nSPS) is 15.9. The number of benzene rings is 2. The number of phenols is 1. The van der Waals surface area contributed by atoms with Gasteiger partial charge in [0, 0.05) is 11.6 Å². The number of nitro groups is 1. The summed E-state index contributed by atoms with van der Waals surface area (Å²) in [7, 11) is 0. The molecule has 2 N–H and O–H groups in total. The van der Waals surface area contributed by atoms with E-state index < -0.39 is 34.0 Å². The Morgan fingerprint density at radius 1 is 1.19 bits per heavy atom.